The van der Waals surface area contributed by atoms with Crippen molar-refractivity contribution in [3.05, 3.63) is 29.8 Å². The zero-order chi connectivity index (χ0) is 13.0. The maximum Gasteiger partial charge on any atom is 0.307 e. The topological polar surface area (TPSA) is 64.9 Å². The average molecular weight is 247 g/mol. The molecular formula is C13H17N3O2. The number of aliphatic imine (C=N–C) groups is 1. The molecule has 0 bridgehead atoms. The average Bonchev–Trinajstić information content (AvgIpc) is 2.34. The second kappa shape index (κ2) is 5.53. The van der Waals surface area contributed by atoms with Crippen LogP contribution in [0.1, 0.15) is 12.0 Å². The van der Waals surface area contributed by atoms with Crippen molar-refractivity contribution < 1.29 is 9.90 Å². The molecule has 0 aromatic heterocycles. The molecule has 0 fully saturated rings. The van der Waals surface area contributed by atoms with Gasteiger partial charge >= 0.3 is 5.97 Å². The Morgan fingerprint density at radius 3 is 3.00 bits per heavy atom. The predicted octanol–water partition coefficient (Wildman–Crippen LogP) is 1.42. The van der Waals surface area contributed by atoms with Crippen LogP contribution in [0.5, 0.6) is 0 Å². The molecule has 18 heavy (non-hydrogen) atoms. The first-order valence-electron chi connectivity index (χ1n) is 5.99. The first-order valence-corrected chi connectivity index (χ1v) is 5.99. The lowest BCUT2D eigenvalue weighted by Crippen LogP contribution is -2.37. The van der Waals surface area contributed by atoms with Crippen LogP contribution in [0.4, 0.5) is 5.69 Å². The fourth-order valence-electron chi connectivity index (χ4n) is 1.93. The third-order valence-electron chi connectivity index (χ3n) is 2.88. The Kier molecular flexibility index (Phi) is 3.82. The van der Waals surface area contributed by atoms with Crippen LogP contribution in [-0.4, -0.2) is 42.1 Å². The minimum absolute atomic E-state index is 0.0141. The van der Waals surface area contributed by atoms with Gasteiger partial charge < -0.3 is 15.3 Å². The highest BCUT2D eigenvalue weighted by atomic mass is 16.4. The second-order valence-electron chi connectivity index (χ2n) is 4.33. The number of benzene rings is 1. The first kappa shape index (κ1) is 12.4. The van der Waals surface area contributed by atoms with Crippen molar-refractivity contribution in [3.8, 4) is 0 Å². The second-order valence-corrected chi connectivity index (χ2v) is 4.33. The SMILES string of the molecule is CN1CCCN=C1Nc1ccccc1CC(=O)O. The Morgan fingerprint density at radius 1 is 1.50 bits per heavy atom. The summed E-state index contributed by atoms with van der Waals surface area (Å²) in [5.74, 6) is -0.0257. The van der Waals surface area contributed by atoms with E-state index in [2.05, 4.69) is 10.3 Å². The van der Waals surface area contributed by atoms with Gasteiger partial charge in [0, 0.05) is 25.8 Å². The normalized spacial score (nSPS) is 15.2. The van der Waals surface area contributed by atoms with Gasteiger partial charge in [0.1, 0.15) is 0 Å². The molecule has 0 spiro atoms. The molecule has 5 nitrogen and oxygen atoms in total. The third-order valence-corrected chi connectivity index (χ3v) is 2.88. The van der Waals surface area contributed by atoms with Crippen molar-refractivity contribution in [2.24, 2.45) is 4.99 Å². The summed E-state index contributed by atoms with van der Waals surface area (Å²) in [6.07, 6.45) is 1.07. The lowest BCUT2D eigenvalue weighted by atomic mass is 10.1. The van der Waals surface area contributed by atoms with Gasteiger partial charge in [-0.2, -0.15) is 0 Å². The van der Waals surface area contributed by atoms with Crippen LogP contribution in [0.3, 0.4) is 0 Å². The number of aliphatic carboxylic acids is 1. The van der Waals surface area contributed by atoms with Gasteiger partial charge in [0.05, 0.1) is 6.42 Å². The van der Waals surface area contributed by atoms with Gasteiger partial charge in [0.15, 0.2) is 5.96 Å². The molecular weight excluding hydrogens is 230 g/mol. The standard InChI is InChI=1S/C13H17N3O2/c1-16-8-4-7-14-13(16)15-11-6-3-2-5-10(11)9-12(17)18/h2-3,5-6H,4,7-9H2,1H3,(H,14,15)(H,17,18). The molecule has 1 aromatic rings. The number of para-hydroxylation sites is 1. The molecule has 2 N–H and O–H groups in total. The number of rotatable bonds is 3. The first-order chi connectivity index (χ1) is 8.66. The fourth-order valence-corrected chi connectivity index (χ4v) is 1.93. The molecule has 0 radical (unpaired) electrons. The molecule has 0 saturated carbocycles. The van der Waals surface area contributed by atoms with E-state index in [9.17, 15) is 4.79 Å². The van der Waals surface area contributed by atoms with E-state index < -0.39 is 5.97 Å². The van der Waals surface area contributed by atoms with Crippen LogP contribution in [0, 0.1) is 0 Å². The van der Waals surface area contributed by atoms with Gasteiger partial charge in [0.2, 0.25) is 0 Å². The van der Waals surface area contributed by atoms with E-state index in [1.54, 1.807) is 0 Å². The maximum atomic E-state index is 10.8. The van der Waals surface area contributed by atoms with Crippen LogP contribution < -0.4 is 5.32 Å². The highest BCUT2D eigenvalue weighted by Gasteiger charge is 2.13. The summed E-state index contributed by atoms with van der Waals surface area (Å²) in [5, 5.41) is 12.1. The van der Waals surface area contributed by atoms with Crippen molar-refractivity contribution in [2.45, 2.75) is 12.8 Å². The van der Waals surface area contributed by atoms with Crippen LogP contribution in [-0.2, 0) is 11.2 Å². The lowest BCUT2D eigenvalue weighted by molar-refractivity contribution is -0.136. The van der Waals surface area contributed by atoms with E-state index in [1.165, 1.54) is 0 Å². The fraction of sp³-hybridized carbons (Fsp3) is 0.385. The van der Waals surface area contributed by atoms with Gasteiger partial charge in [0.25, 0.3) is 0 Å². The third kappa shape index (κ3) is 3.00. The van der Waals surface area contributed by atoms with E-state index in [1.807, 2.05) is 36.2 Å². The Labute approximate surface area is 106 Å². The summed E-state index contributed by atoms with van der Waals surface area (Å²) < 4.78 is 0. The van der Waals surface area contributed by atoms with E-state index >= 15 is 0 Å². The van der Waals surface area contributed by atoms with Crippen molar-refractivity contribution >= 4 is 17.6 Å². The number of carboxylic acids is 1. The van der Waals surface area contributed by atoms with E-state index in [0.29, 0.717) is 0 Å². The van der Waals surface area contributed by atoms with Gasteiger partial charge in [-0.05, 0) is 18.1 Å². The molecule has 0 atom stereocenters. The number of carbonyl (C=O) groups is 1. The van der Waals surface area contributed by atoms with E-state index in [-0.39, 0.29) is 6.42 Å². The van der Waals surface area contributed by atoms with Crippen molar-refractivity contribution in [3.63, 3.8) is 0 Å². The quantitative estimate of drug-likeness (QED) is 0.847. The number of nitrogens with zero attached hydrogens (tertiary/aromatic N) is 2. The Balaban J connectivity index is 2.18. The highest BCUT2D eigenvalue weighted by Crippen LogP contribution is 2.17. The van der Waals surface area contributed by atoms with E-state index in [0.717, 1.165) is 36.7 Å². The van der Waals surface area contributed by atoms with Gasteiger partial charge in [-0.15, -0.1) is 0 Å². The largest absolute Gasteiger partial charge is 0.481 e. The highest BCUT2D eigenvalue weighted by molar-refractivity contribution is 5.95. The summed E-state index contributed by atoms with van der Waals surface area (Å²) in [5.41, 5.74) is 1.58. The van der Waals surface area contributed by atoms with Gasteiger partial charge in [-0.3, -0.25) is 9.79 Å². The number of carboxylic acid groups (broad SMARTS) is 1. The van der Waals surface area contributed by atoms with Gasteiger partial charge in [-0.25, -0.2) is 0 Å². The van der Waals surface area contributed by atoms with Crippen LogP contribution >= 0.6 is 0 Å². The summed E-state index contributed by atoms with van der Waals surface area (Å²) >= 11 is 0. The number of hydrogen-bond acceptors (Lipinski definition) is 4. The maximum absolute atomic E-state index is 10.8. The molecule has 1 aliphatic heterocycles. The molecule has 0 unspecified atom stereocenters. The van der Waals surface area contributed by atoms with E-state index in [4.69, 9.17) is 5.11 Å². The zero-order valence-corrected chi connectivity index (χ0v) is 10.4. The minimum atomic E-state index is -0.830. The lowest BCUT2D eigenvalue weighted by Gasteiger charge is -2.26. The minimum Gasteiger partial charge on any atom is -0.481 e. The molecule has 1 aromatic carbocycles. The molecule has 0 saturated heterocycles. The van der Waals surface area contributed by atoms with Crippen molar-refractivity contribution in [1.82, 2.24) is 4.90 Å². The predicted molar refractivity (Wildman–Crippen MR) is 71.0 cm³/mol. The Hall–Kier alpha value is -2.04. The number of guanidine groups is 1. The monoisotopic (exact) mass is 247 g/mol. The smallest absolute Gasteiger partial charge is 0.307 e. The Bertz CT molecular complexity index is 471. The molecule has 5 heteroatoms. The summed E-state index contributed by atoms with van der Waals surface area (Å²) in [7, 11) is 1.98. The van der Waals surface area contributed by atoms with Crippen LogP contribution in [0.25, 0.3) is 0 Å². The molecule has 96 valence electrons. The van der Waals surface area contributed by atoms with Crippen LogP contribution in [0.15, 0.2) is 29.3 Å². The Morgan fingerprint density at radius 2 is 2.28 bits per heavy atom. The zero-order valence-electron chi connectivity index (χ0n) is 10.4. The molecule has 0 amide bonds. The molecule has 0 aliphatic carbocycles. The molecule has 2 rings (SSSR count). The van der Waals surface area contributed by atoms with Crippen molar-refractivity contribution in [2.75, 3.05) is 25.5 Å². The molecule has 1 aliphatic rings. The van der Waals surface area contributed by atoms with Crippen LogP contribution in [0.2, 0.25) is 0 Å². The number of hydrogen-bond donors (Lipinski definition) is 2. The van der Waals surface area contributed by atoms with Crippen molar-refractivity contribution in [1.29, 1.82) is 0 Å². The molecule has 1 heterocycles. The summed E-state index contributed by atoms with van der Waals surface area (Å²) in [6.45, 7) is 1.78. The summed E-state index contributed by atoms with van der Waals surface area (Å²) in [6, 6.07) is 7.43. The number of anilines is 1. The van der Waals surface area contributed by atoms with Gasteiger partial charge in [-0.1, -0.05) is 18.2 Å². The summed E-state index contributed by atoms with van der Waals surface area (Å²) in [4.78, 5) is 17.3. The number of nitrogens with one attached hydrogen (secondary N) is 1.